The predicted octanol–water partition coefficient (Wildman–Crippen LogP) is 4.27. The molecule has 0 bridgehead atoms. The van der Waals surface area contributed by atoms with Crippen LogP contribution in [0.2, 0.25) is 0 Å². The van der Waals surface area contributed by atoms with Gasteiger partial charge in [0.25, 0.3) is 0 Å². The first-order valence-corrected chi connectivity index (χ1v) is 7.51. The Hall–Kier alpha value is -2.31. The van der Waals surface area contributed by atoms with Crippen molar-refractivity contribution in [1.29, 1.82) is 0 Å². The lowest BCUT2D eigenvalue weighted by Crippen LogP contribution is -1.88. The Morgan fingerprint density at radius 1 is 1.10 bits per heavy atom. The number of fused-ring (bicyclic) bond motifs is 2. The van der Waals surface area contributed by atoms with Crippen LogP contribution in [0.25, 0.3) is 32.5 Å². The number of benzene rings is 1. The van der Waals surface area contributed by atoms with Crippen LogP contribution in [0.3, 0.4) is 0 Å². The zero-order valence-electron chi connectivity index (χ0n) is 10.7. The maximum Gasteiger partial charge on any atom is 0.183 e. The molecule has 102 valence electrons. The molecule has 4 nitrogen and oxygen atoms in total. The predicted molar refractivity (Wildman–Crippen MR) is 87.2 cm³/mol. The van der Waals surface area contributed by atoms with Gasteiger partial charge in [0.15, 0.2) is 9.60 Å². The number of nitrogens with one attached hydrogen (secondary N) is 1. The summed E-state index contributed by atoms with van der Waals surface area (Å²) >= 11 is 6.58. The molecule has 21 heavy (non-hydrogen) atoms. The zero-order valence-corrected chi connectivity index (χ0v) is 12.3. The quantitative estimate of drug-likeness (QED) is 0.515. The molecule has 1 aromatic carbocycles. The molecule has 4 rings (SSSR count). The molecule has 0 aliphatic heterocycles. The summed E-state index contributed by atoms with van der Waals surface area (Å²) in [5, 5.41) is 10.4. The summed E-state index contributed by atoms with van der Waals surface area (Å²) in [5.41, 5.74) is 3.51. The number of thiazole rings is 1. The molecule has 0 saturated heterocycles. The molecule has 0 aliphatic rings. The monoisotopic (exact) mass is 311 g/mol. The maximum atomic E-state index is 9.42. The van der Waals surface area contributed by atoms with Crippen LogP contribution in [-0.2, 0) is 0 Å². The van der Waals surface area contributed by atoms with Gasteiger partial charge in [0, 0.05) is 11.6 Å². The fraction of sp³-hybridized carbons (Fsp3) is 0. The van der Waals surface area contributed by atoms with Gasteiger partial charge in [0.2, 0.25) is 0 Å². The second-order valence-electron chi connectivity index (χ2n) is 4.62. The third-order valence-corrected chi connectivity index (χ3v) is 4.41. The normalized spacial score (nSPS) is 11.2. The van der Waals surface area contributed by atoms with Crippen molar-refractivity contribution in [3.05, 3.63) is 46.5 Å². The van der Waals surface area contributed by atoms with Gasteiger partial charge in [-0.05, 0) is 54.2 Å². The fourth-order valence-corrected chi connectivity index (χ4v) is 3.37. The number of nitrogens with zero attached hydrogens (tertiary/aromatic N) is 2. The SMILES string of the molecule is Oc1ccc(-c2[nH]ccc3nc4nc(=S)sc4cc23)cc1. The molecule has 6 heteroatoms. The molecule has 0 aliphatic carbocycles. The van der Waals surface area contributed by atoms with Crippen molar-refractivity contribution < 1.29 is 5.11 Å². The van der Waals surface area contributed by atoms with Crippen molar-refractivity contribution in [3.63, 3.8) is 0 Å². The minimum atomic E-state index is 0.248. The number of aromatic hydroxyl groups is 1. The van der Waals surface area contributed by atoms with E-state index in [1.807, 2.05) is 24.4 Å². The maximum absolute atomic E-state index is 9.42. The third kappa shape index (κ3) is 2.09. The number of rotatable bonds is 1. The van der Waals surface area contributed by atoms with Gasteiger partial charge in [0.05, 0.1) is 15.9 Å². The fourth-order valence-electron chi connectivity index (χ4n) is 2.33. The van der Waals surface area contributed by atoms with Crippen LogP contribution < -0.4 is 0 Å². The summed E-state index contributed by atoms with van der Waals surface area (Å²) < 4.78 is 1.58. The average Bonchev–Trinajstić information content (AvgIpc) is 2.84. The highest BCUT2D eigenvalue weighted by Gasteiger charge is 2.09. The molecule has 2 N–H and O–H groups in total. The van der Waals surface area contributed by atoms with E-state index in [9.17, 15) is 5.11 Å². The summed E-state index contributed by atoms with van der Waals surface area (Å²) in [6.07, 6.45) is 1.85. The number of phenols is 1. The van der Waals surface area contributed by atoms with E-state index in [2.05, 4.69) is 21.0 Å². The van der Waals surface area contributed by atoms with Gasteiger partial charge in [-0.1, -0.05) is 0 Å². The van der Waals surface area contributed by atoms with Crippen molar-refractivity contribution >= 4 is 44.8 Å². The number of aromatic amines is 1. The summed E-state index contributed by atoms with van der Waals surface area (Å²) in [5.74, 6) is 0.248. The van der Waals surface area contributed by atoms with E-state index in [4.69, 9.17) is 12.2 Å². The standard InChI is InChI=1S/C15H9N3OS2/c19-9-3-1-8(2-4-9)13-10-7-12-14(18-15(20)21-12)17-11(10)5-6-16-13/h1-7,16,19H. The van der Waals surface area contributed by atoms with E-state index in [1.165, 1.54) is 11.3 Å². The van der Waals surface area contributed by atoms with Crippen molar-refractivity contribution in [2.45, 2.75) is 0 Å². The van der Waals surface area contributed by atoms with Crippen LogP contribution in [0, 0.1) is 3.95 Å². The van der Waals surface area contributed by atoms with Crippen molar-refractivity contribution in [2.24, 2.45) is 0 Å². The van der Waals surface area contributed by atoms with Gasteiger partial charge in [-0.15, -0.1) is 11.3 Å². The number of hydrogen-bond acceptors (Lipinski definition) is 5. The highest BCUT2D eigenvalue weighted by atomic mass is 32.1. The molecule has 0 spiro atoms. The minimum absolute atomic E-state index is 0.248. The van der Waals surface area contributed by atoms with E-state index in [1.54, 1.807) is 12.1 Å². The summed E-state index contributed by atoms with van der Waals surface area (Å²) in [6, 6.07) is 11.1. The van der Waals surface area contributed by atoms with Crippen LogP contribution in [0.4, 0.5) is 0 Å². The Morgan fingerprint density at radius 3 is 2.71 bits per heavy atom. The molecule has 0 amide bonds. The minimum Gasteiger partial charge on any atom is -0.508 e. The van der Waals surface area contributed by atoms with Gasteiger partial charge in [0.1, 0.15) is 5.75 Å². The Bertz CT molecular complexity index is 1020. The van der Waals surface area contributed by atoms with Crippen LogP contribution in [0.15, 0.2) is 42.6 Å². The molecular weight excluding hydrogens is 302 g/mol. The molecule has 0 unspecified atom stereocenters. The summed E-state index contributed by atoms with van der Waals surface area (Å²) in [4.78, 5) is 12.1. The van der Waals surface area contributed by atoms with E-state index in [0.717, 1.165) is 26.9 Å². The molecule has 3 aromatic heterocycles. The number of aromatic nitrogens is 3. The average molecular weight is 311 g/mol. The summed E-state index contributed by atoms with van der Waals surface area (Å²) in [6.45, 7) is 0. The van der Waals surface area contributed by atoms with Crippen LogP contribution in [0.5, 0.6) is 5.75 Å². The van der Waals surface area contributed by atoms with Crippen LogP contribution in [-0.4, -0.2) is 20.1 Å². The van der Waals surface area contributed by atoms with E-state index < -0.39 is 0 Å². The lowest BCUT2D eigenvalue weighted by atomic mass is 10.1. The third-order valence-electron chi connectivity index (χ3n) is 3.29. The molecule has 0 saturated carbocycles. The largest absolute Gasteiger partial charge is 0.508 e. The lowest BCUT2D eigenvalue weighted by Gasteiger charge is -2.07. The van der Waals surface area contributed by atoms with Crippen molar-refractivity contribution in [2.75, 3.05) is 0 Å². The Morgan fingerprint density at radius 2 is 1.90 bits per heavy atom. The molecule has 0 radical (unpaired) electrons. The topological polar surface area (TPSA) is 61.8 Å². The van der Waals surface area contributed by atoms with E-state index >= 15 is 0 Å². The highest BCUT2D eigenvalue weighted by Crippen LogP contribution is 2.30. The first-order valence-electron chi connectivity index (χ1n) is 6.29. The summed E-state index contributed by atoms with van der Waals surface area (Å²) in [7, 11) is 0. The van der Waals surface area contributed by atoms with E-state index in [-0.39, 0.29) is 5.75 Å². The second-order valence-corrected chi connectivity index (χ2v) is 6.30. The number of pyridine rings is 2. The molecule has 4 aromatic rings. The number of phenolic OH excluding ortho intramolecular Hbond substituents is 1. The van der Waals surface area contributed by atoms with Gasteiger partial charge >= 0.3 is 0 Å². The van der Waals surface area contributed by atoms with Crippen molar-refractivity contribution in [1.82, 2.24) is 15.0 Å². The Labute approximate surface area is 128 Å². The Kier molecular flexibility index (Phi) is 2.73. The zero-order chi connectivity index (χ0) is 14.4. The van der Waals surface area contributed by atoms with Gasteiger partial charge < -0.3 is 10.1 Å². The van der Waals surface area contributed by atoms with E-state index in [0.29, 0.717) is 9.60 Å². The van der Waals surface area contributed by atoms with Crippen molar-refractivity contribution in [3.8, 4) is 17.0 Å². The molecule has 0 fully saturated rings. The van der Waals surface area contributed by atoms with Crippen LogP contribution in [0.1, 0.15) is 0 Å². The smallest absolute Gasteiger partial charge is 0.183 e. The Balaban J connectivity index is 2.06. The highest BCUT2D eigenvalue weighted by molar-refractivity contribution is 7.73. The lowest BCUT2D eigenvalue weighted by molar-refractivity contribution is 0.475. The molecule has 3 heterocycles. The number of H-pyrrole nitrogens is 1. The van der Waals surface area contributed by atoms with Crippen LogP contribution >= 0.6 is 23.6 Å². The van der Waals surface area contributed by atoms with Gasteiger partial charge in [-0.2, -0.15) is 0 Å². The second kappa shape index (κ2) is 4.61. The molecule has 0 atom stereocenters. The number of hydrogen-bond donors (Lipinski definition) is 2. The van der Waals surface area contributed by atoms with Gasteiger partial charge in [-0.3, -0.25) is 0 Å². The first kappa shape index (κ1) is 12.4. The van der Waals surface area contributed by atoms with Gasteiger partial charge in [-0.25, -0.2) is 9.97 Å². The molecular formula is C15H9N3OS2. The first-order chi connectivity index (χ1) is 10.2.